The number of carbonyl (C=O) groups excluding carboxylic acids is 2. The maximum Gasteiger partial charge on any atom is 0.412 e. The van der Waals surface area contributed by atoms with Crippen LogP contribution in [0, 0.1) is 17.0 Å². The van der Waals surface area contributed by atoms with E-state index < -0.39 is 29.0 Å². The van der Waals surface area contributed by atoms with Crippen LogP contribution in [-0.2, 0) is 16.1 Å². The maximum atomic E-state index is 13.6. The molecule has 0 bridgehead atoms. The van der Waals surface area contributed by atoms with E-state index in [-0.39, 0.29) is 43.4 Å². The van der Waals surface area contributed by atoms with Gasteiger partial charge in [0.2, 0.25) is 5.91 Å². The highest BCUT2D eigenvalue weighted by atomic mass is 35.5. The van der Waals surface area contributed by atoms with Crippen molar-refractivity contribution in [3.63, 3.8) is 0 Å². The Morgan fingerprint density at radius 1 is 1.15 bits per heavy atom. The van der Waals surface area contributed by atoms with Gasteiger partial charge < -0.3 is 15.2 Å². The number of fused-ring (bicyclic) bond motifs is 1. The topological polar surface area (TPSA) is 101 Å². The molecule has 1 atom stereocenters. The lowest BCUT2D eigenvalue weighted by Gasteiger charge is -2.27. The monoisotopic (exact) mass is 491 g/mol. The fourth-order valence-corrected chi connectivity index (χ4v) is 3.56. The van der Waals surface area contributed by atoms with Crippen molar-refractivity contribution in [2.75, 3.05) is 18.5 Å². The zero-order valence-corrected chi connectivity index (χ0v) is 19.2. The van der Waals surface area contributed by atoms with Gasteiger partial charge in [0, 0.05) is 24.7 Å². The summed E-state index contributed by atoms with van der Waals surface area (Å²) in [6.07, 6.45) is 0.956. The summed E-state index contributed by atoms with van der Waals surface area (Å²) in [6.45, 7) is 1.27. The van der Waals surface area contributed by atoms with Crippen molar-refractivity contribution in [2.24, 2.45) is 5.41 Å². The first-order valence-electron chi connectivity index (χ1n) is 10.5. The summed E-state index contributed by atoms with van der Waals surface area (Å²) in [5.74, 6) is -1.21. The van der Waals surface area contributed by atoms with E-state index in [1.54, 1.807) is 19.1 Å². The molecule has 180 valence electrons. The highest BCUT2D eigenvalue weighted by Gasteiger charge is 2.33. The summed E-state index contributed by atoms with van der Waals surface area (Å²) < 4.78 is 32.2. The number of aromatic nitrogens is 1. The number of carbonyl (C=O) groups is 2. The lowest BCUT2D eigenvalue weighted by Crippen LogP contribution is -2.40. The number of amides is 2. The van der Waals surface area contributed by atoms with Gasteiger partial charge in [0.25, 0.3) is 0 Å². The van der Waals surface area contributed by atoms with Crippen LogP contribution in [0.15, 0.2) is 48.7 Å². The van der Waals surface area contributed by atoms with E-state index in [1.807, 2.05) is 0 Å². The van der Waals surface area contributed by atoms with E-state index in [2.05, 4.69) is 15.6 Å². The number of hydrogen-bond acceptors (Lipinski definition) is 5. The van der Waals surface area contributed by atoms with E-state index in [1.165, 1.54) is 36.5 Å². The van der Waals surface area contributed by atoms with Crippen molar-refractivity contribution in [1.82, 2.24) is 10.3 Å². The fourth-order valence-electron chi connectivity index (χ4n) is 3.36. The van der Waals surface area contributed by atoms with Crippen LogP contribution in [0.5, 0.6) is 0 Å². The molecule has 3 N–H and O–H groups in total. The molecule has 0 fully saturated rings. The van der Waals surface area contributed by atoms with Gasteiger partial charge in [-0.15, -0.1) is 0 Å². The molecular weight excluding hydrogens is 468 g/mol. The SMILES string of the molecule is CC(CCO)(CCOC(=O)Nc1cc2cc(F)ccc2cn1)C(=O)NCc1cccc(F)c1Cl. The molecule has 1 unspecified atom stereocenters. The molecule has 2 aromatic carbocycles. The summed E-state index contributed by atoms with van der Waals surface area (Å²) >= 11 is 5.92. The number of ether oxygens (including phenoxy) is 1. The van der Waals surface area contributed by atoms with Gasteiger partial charge in [-0.05, 0) is 54.1 Å². The van der Waals surface area contributed by atoms with Crippen molar-refractivity contribution in [3.05, 3.63) is 70.9 Å². The maximum absolute atomic E-state index is 13.6. The van der Waals surface area contributed by atoms with Gasteiger partial charge in [0.15, 0.2) is 0 Å². The number of anilines is 1. The number of aliphatic hydroxyl groups excluding tert-OH is 1. The molecule has 0 aliphatic rings. The average molecular weight is 492 g/mol. The van der Waals surface area contributed by atoms with E-state index in [4.69, 9.17) is 16.3 Å². The molecule has 0 radical (unpaired) electrons. The molecule has 7 nitrogen and oxygen atoms in total. The predicted octanol–water partition coefficient (Wildman–Crippen LogP) is 4.81. The van der Waals surface area contributed by atoms with Crippen LogP contribution in [0.1, 0.15) is 25.3 Å². The Labute approximate surface area is 200 Å². The Kier molecular flexibility index (Phi) is 8.36. The molecule has 0 saturated heterocycles. The second-order valence-electron chi connectivity index (χ2n) is 8.00. The number of aliphatic hydroxyl groups is 1. The number of benzene rings is 2. The van der Waals surface area contributed by atoms with Gasteiger partial charge >= 0.3 is 6.09 Å². The fraction of sp³-hybridized carbons (Fsp3) is 0.292. The van der Waals surface area contributed by atoms with Crippen molar-refractivity contribution >= 4 is 40.2 Å². The molecule has 1 aromatic heterocycles. The second-order valence-corrected chi connectivity index (χ2v) is 8.38. The highest BCUT2D eigenvalue weighted by Crippen LogP contribution is 2.27. The zero-order chi connectivity index (χ0) is 24.7. The van der Waals surface area contributed by atoms with Gasteiger partial charge in [-0.3, -0.25) is 10.1 Å². The van der Waals surface area contributed by atoms with Gasteiger partial charge in [-0.2, -0.15) is 0 Å². The molecule has 10 heteroatoms. The van der Waals surface area contributed by atoms with Crippen LogP contribution in [0.3, 0.4) is 0 Å². The van der Waals surface area contributed by atoms with Crippen LogP contribution in [0.2, 0.25) is 5.02 Å². The molecule has 0 aliphatic heterocycles. The third-order valence-corrected chi connectivity index (χ3v) is 5.91. The number of halogens is 3. The minimum absolute atomic E-state index is 0.00597. The first-order valence-corrected chi connectivity index (χ1v) is 10.9. The largest absolute Gasteiger partial charge is 0.449 e. The molecule has 3 aromatic rings. The summed E-state index contributed by atoms with van der Waals surface area (Å²) in [5, 5.41) is 15.8. The minimum atomic E-state index is -1.05. The summed E-state index contributed by atoms with van der Waals surface area (Å²) in [4.78, 5) is 29.0. The van der Waals surface area contributed by atoms with Crippen LogP contribution < -0.4 is 10.6 Å². The smallest absolute Gasteiger partial charge is 0.412 e. The van der Waals surface area contributed by atoms with Crippen LogP contribution >= 0.6 is 11.6 Å². The average Bonchev–Trinajstić information content (AvgIpc) is 2.79. The molecule has 0 aliphatic carbocycles. The molecule has 34 heavy (non-hydrogen) atoms. The van der Waals surface area contributed by atoms with Crippen molar-refractivity contribution < 1.29 is 28.2 Å². The summed E-state index contributed by atoms with van der Waals surface area (Å²) in [5.41, 5.74) is -0.632. The Morgan fingerprint density at radius 3 is 2.71 bits per heavy atom. The Bertz CT molecular complexity index is 1190. The van der Waals surface area contributed by atoms with Gasteiger partial charge in [-0.1, -0.05) is 30.7 Å². The van der Waals surface area contributed by atoms with Crippen LogP contribution in [0.25, 0.3) is 10.8 Å². The molecule has 0 saturated carbocycles. The molecular formula is C24H24ClF2N3O4. The third kappa shape index (κ3) is 6.39. The van der Waals surface area contributed by atoms with Gasteiger partial charge in [0.1, 0.15) is 17.5 Å². The molecule has 1 heterocycles. The van der Waals surface area contributed by atoms with Crippen LogP contribution in [0.4, 0.5) is 19.4 Å². The minimum Gasteiger partial charge on any atom is -0.449 e. The highest BCUT2D eigenvalue weighted by molar-refractivity contribution is 6.31. The second kappa shape index (κ2) is 11.2. The Hall–Kier alpha value is -3.30. The number of rotatable bonds is 9. The number of hydrogen-bond donors (Lipinski definition) is 3. The van der Waals surface area contributed by atoms with E-state index in [9.17, 15) is 23.5 Å². The van der Waals surface area contributed by atoms with Crippen molar-refractivity contribution in [1.29, 1.82) is 0 Å². The number of nitrogens with zero attached hydrogens (tertiary/aromatic N) is 1. The van der Waals surface area contributed by atoms with Crippen molar-refractivity contribution in [2.45, 2.75) is 26.3 Å². The van der Waals surface area contributed by atoms with E-state index >= 15 is 0 Å². The lowest BCUT2D eigenvalue weighted by atomic mass is 9.82. The summed E-state index contributed by atoms with van der Waals surface area (Å²) in [6, 6.07) is 10.0. The van der Waals surface area contributed by atoms with E-state index in [0.29, 0.717) is 16.3 Å². The molecule has 3 rings (SSSR count). The number of pyridine rings is 1. The zero-order valence-electron chi connectivity index (χ0n) is 18.4. The predicted molar refractivity (Wildman–Crippen MR) is 124 cm³/mol. The third-order valence-electron chi connectivity index (χ3n) is 5.48. The van der Waals surface area contributed by atoms with E-state index in [0.717, 1.165) is 0 Å². The van der Waals surface area contributed by atoms with Crippen LogP contribution in [-0.4, -0.2) is 35.3 Å². The lowest BCUT2D eigenvalue weighted by molar-refractivity contribution is -0.132. The first-order chi connectivity index (χ1) is 16.2. The first kappa shape index (κ1) is 25.3. The molecule has 0 spiro atoms. The Morgan fingerprint density at radius 2 is 1.94 bits per heavy atom. The van der Waals surface area contributed by atoms with Crippen molar-refractivity contribution in [3.8, 4) is 0 Å². The van der Waals surface area contributed by atoms with Gasteiger partial charge in [0.05, 0.1) is 17.0 Å². The van der Waals surface area contributed by atoms with Gasteiger partial charge in [-0.25, -0.2) is 18.6 Å². The molecule has 2 amide bonds. The quantitative estimate of drug-likeness (QED) is 0.399. The Balaban J connectivity index is 1.55. The normalized spacial score (nSPS) is 12.7. The standard InChI is InChI=1S/C24H24ClF2N3O4/c1-24(7-9-31,22(32)29-14-16-3-2-4-19(27)21(16)25)8-10-34-23(33)30-20-12-17-11-18(26)6-5-15(17)13-28-20/h2-6,11-13,31H,7-10,14H2,1H3,(H,29,32)(H,28,30,33). The summed E-state index contributed by atoms with van der Waals surface area (Å²) in [7, 11) is 0. The number of nitrogens with one attached hydrogen (secondary N) is 2.